The van der Waals surface area contributed by atoms with Crippen molar-refractivity contribution in [3.63, 3.8) is 0 Å². The van der Waals surface area contributed by atoms with Gasteiger partial charge in [-0.2, -0.15) is 0 Å². The molecule has 0 aromatic heterocycles. The molecule has 0 aliphatic carbocycles. The summed E-state index contributed by atoms with van der Waals surface area (Å²) in [6, 6.07) is -1.04. The normalized spacial score (nSPS) is 12.3. The number of hydrogen-bond acceptors (Lipinski definition) is 19. The van der Waals surface area contributed by atoms with Crippen LogP contribution < -0.4 is 16.0 Å². The van der Waals surface area contributed by atoms with Crippen LogP contribution in [-0.4, -0.2) is 227 Å². The Balaban J connectivity index is 5.48. The van der Waals surface area contributed by atoms with Gasteiger partial charge in [-0.15, -0.1) is 0 Å². The van der Waals surface area contributed by atoms with Gasteiger partial charge in [0.2, 0.25) is 5.91 Å². The van der Waals surface area contributed by atoms with Crippen LogP contribution in [0.3, 0.4) is 0 Å². The van der Waals surface area contributed by atoms with Gasteiger partial charge in [0.25, 0.3) is 0 Å². The van der Waals surface area contributed by atoms with E-state index in [9.17, 15) is 29.7 Å². The zero-order valence-corrected chi connectivity index (χ0v) is 33.4. The van der Waals surface area contributed by atoms with Gasteiger partial charge in [0.15, 0.2) is 0 Å². The summed E-state index contributed by atoms with van der Waals surface area (Å²) in [4.78, 5) is 38.9. The number of nitrogens with one attached hydrogen (secondary N) is 3. The van der Waals surface area contributed by atoms with Crippen molar-refractivity contribution in [1.82, 2.24) is 16.0 Å². The maximum absolute atomic E-state index is 13.2. The van der Waals surface area contributed by atoms with Crippen molar-refractivity contribution in [1.29, 1.82) is 0 Å². The maximum Gasteiger partial charge on any atom is 0.407 e. The quantitative estimate of drug-likeness (QED) is 0.0274. The Hall–Kier alpha value is -2.55. The first-order chi connectivity index (χ1) is 27.7. The van der Waals surface area contributed by atoms with E-state index in [0.29, 0.717) is 26.1 Å². The van der Waals surface area contributed by atoms with Crippen LogP contribution in [-0.2, 0) is 52.2 Å². The minimum absolute atomic E-state index is 0.0106. The molecule has 0 fully saturated rings. The van der Waals surface area contributed by atoms with Gasteiger partial charge in [-0.3, -0.25) is 4.79 Å². The summed E-state index contributed by atoms with van der Waals surface area (Å²) in [5, 5.41) is 63.0. The molecular weight excluding hydrogens is 766 g/mol. The molecule has 22 heteroatoms. The molecule has 0 radical (unpaired) electrons. The molecule has 0 saturated carbocycles. The van der Waals surface area contributed by atoms with Crippen LogP contribution in [0.25, 0.3) is 0 Å². The summed E-state index contributed by atoms with van der Waals surface area (Å²) in [5.74, 6) is -0.503. The zero-order chi connectivity index (χ0) is 42.3. The third-order valence-corrected chi connectivity index (χ3v) is 7.66. The minimum atomic E-state index is -1.08. The van der Waals surface area contributed by atoms with Crippen molar-refractivity contribution in [3.05, 3.63) is 0 Å². The fraction of sp³-hybridized carbons (Fsp3) is 0.914. The standard InChI is InChI=1S/C35H69N3O19/c1-48-20-21-49-13-6-36-31(45)30(38-33(47)57-29-35(25-53-17-10-42,26-54-18-11-43)27-55-19-12-44)4-2-3-5-37-32(46)56-28-34(22-50-14-7-39,23-51-15-8-40)24-52-16-9-41/h30,39-44H,2-29H2,1H3,(H,36,45)(H,37,46)(H,38,47). The van der Waals surface area contributed by atoms with E-state index in [4.69, 9.17) is 62.7 Å². The Labute approximate surface area is 334 Å². The number of hydrogen-bond donors (Lipinski definition) is 9. The van der Waals surface area contributed by atoms with Crippen LogP contribution in [0.15, 0.2) is 0 Å². The van der Waals surface area contributed by atoms with Crippen LogP contribution >= 0.6 is 0 Å². The summed E-state index contributed by atoms with van der Waals surface area (Å²) in [6.07, 6.45) is -0.777. The number of methoxy groups -OCH3 is 1. The highest BCUT2D eigenvalue weighted by Gasteiger charge is 2.35. The molecule has 1 unspecified atom stereocenters. The first kappa shape index (κ1) is 54.5. The highest BCUT2D eigenvalue weighted by molar-refractivity contribution is 5.85. The van der Waals surface area contributed by atoms with Crippen molar-refractivity contribution in [3.8, 4) is 0 Å². The average Bonchev–Trinajstić information content (AvgIpc) is 3.20. The molecule has 0 aliphatic heterocycles. The number of aliphatic hydroxyl groups is 6. The van der Waals surface area contributed by atoms with Crippen LogP contribution in [0, 0.1) is 10.8 Å². The fourth-order valence-corrected chi connectivity index (χ4v) is 4.84. The SMILES string of the molecule is COCCOCCNC(=O)C(CCCCNC(=O)OCC(COCCO)(COCCO)COCCO)NC(=O)OCC(COCCO)(COCCO)COCCO. The van der Waals surface area contributed by atoms with E-state index in [1.807, 2.05) is 0 Å². The zero-order valence-electron chi connectivity index (χ0n) is 33.4. The van der Waals surface area contributed by atoms with E-state index in [1.54, 1.807) is 0 Å². The number of unbranched alkanes of at least 4 members (excludes halogenated alkanes) is 1. The van der Waals surface area contributed by atoms with E-state index in [-0.39, 0.29) is 158 Å². The largest absolute Gasteiger partial charge is 0.449 e. The van der Waals surface area contributed by atoms with Crippen molar-refractivity contribution < 1.29 is 92.4 Å². The molecule has 22 nitrogen and oxygen atoms in total. The number of amides is 3. The Kier molecular flexibility index (Phi) is 36.0. The van der Waals surface area contributed by atoms with Crippen molar-refractivity contribution in [2.75, 3.05) is 172 Å². The van der Waals surface area contributed by atoms with E-state index in [0.717, 1.165) is 0 Å². The molecule has 0 bridgehead atoms. The number of carbonyl (C=O) groups excluding carboxylic acids is 3. The Bertz CT molecular complexity index is 917. The van der Waals surface area contributed by atoms with Gasteiger partial charge in [0, 0.05) is 20.2 Å². The van der Waals surface area contributed by atoms with E-state index in [2.05, 4.69) is 16.0 Å². The molecule has 338 valence electrons. The number of aliphatic hydroxyl groups excluding tert-OH is 6. The molecular formula is C35H69N3O19. The number of alkyl carbamates (subject to hydrolysis) is 2. The molecule has 0 aliphatic rings. The van der Waals surface area contributed by atoms with E-state index in [1.165, 1.54) is 7.11 Å². The smallest absolute Gasteiger partial charge is 0.407 e. The molecule has 0 aromatic carbocycles. The van der Waals surface area contributed by atoms with Gasteiger partial charge in [-0.25, -0.2) is 9.59 Å². The topological polar surface area (TPSA) is 301 Å². The van der Waals surface area contributed by atoms with Gasteiger partial charge in [-0.05, 0) is 19.3 Å². The lowest BCUT2D eigenvalue weighted by Crippen LogP contribution is -2.49. The van der Waals surface area contributed by atoms with Crippen LogP contribution in [0.2, 0.25) is 0 Å². The Morgan fingerprint density at radius 3 is 1.30 bits per heavy atom. The molecule has 57 heavy (non-hydrogen) atoms. The van der Waals surface area contributed by atoms with E-state index < -0.39 is 35.0 Å². The lowest BCUT2D eigenvalue weighted by atomic mass is 9.92. The maximum atomic E-state index is 13.2. The summed E-state index contributed by atoms with van der Waals surface area (Å²) >= 11 is 0. The van der Waals surface area contributed by atoms with Crippen LogP contribution in [0.5, 0.6) is 0 Å². The highest BCUT2D eigenvalue weighted by Crippen LogP contribution is 2.22. The number of rotatable bonds is 41. The predicted molar refractivity (Wildman–Crippen MR) is 199 cm³/mol. The summed E-state index contributed by atoms with van der Waals surface area (Å²) < 4.78 is 54.3. The molecule has 9 N–H and O–H groups in total. The number of ether oxygens (including phenoxy) is 10. The molecule has 0 saturated heterocycles. The lowest BCUT2D eigenvalue weighted by molar-refractivity contribution is -0.123. The fourth-order valence-electron chi connectivity index (χ4n) is 4.84. The molecule has 0 heterocycles. The van der Waals surface area contributed by atoms with Crippen LogP contribution in [0.1, 0.15) is 19.3 Å². The average molecular weight is 836 g/mol. The van der Waals surface area contributed by atoms with Crippen molar-refractivity contribution in [2.24, 2.45) is 10.8 Å². The minimum Gasteiger partial charge on any atom is -0.449 e. The second-order valence-corrected chi connectivity index (χ2v) is 12.8. The van der Waals surface area contributed by atoms with Gasteiger partial charge in [0.1, 0.15) is 19.3 Å². The third-order valence-electron chi connectivity index (χ3n) is 7.66. The molecule has 0 spiro atoms. The Morgan fingerprint density at radius 2 is 0.895 bits per heavy atom. The van der Waals surface area contributed by atoms with Crippen molar-refractivity contribution >= 4 is 18.1 Å². The molecule has 1 atom stereocenters. The first-order valence-corrected chi connectivity index (χ1v) is 19.0. The molecule has 3 amide bonds. The first-order valence-electron chi connectivity index (χ1n) is 19.0. The van der Waals surface area contributed by atoms with Crippen molar-refractivity contribution in [2.45, 2.75) is 25.3 Å². The van der Waals surface area contributed by atoms with Gasteiger partial charge in [-0.1, -0.05) is 0 Å². The Morgan fingerprint density at radius 1 is 0.474 bits per heavy atom. The summed E-state index contributed by atoms with van der Waals surface area (Å²) in [5.41, 5.74) is -2.09. The second-order valence-electron chi connectivity index (χ2n) is 12.8. The summed E-state index contributed by atoms with van der Waals surface area (Å²) in [6.45, 7) is -0.988. The van der Waals surface area contributed by atoms with Gasteiger partial charge in [0.05, 0.1) is 150 Å². The number of carbonyl (C=O) groups is 3. The predicted octanol–water partition coefficient (Wildman–Crippen LogP) is -3.22. The molecule has 0 rings (SSSR count). The monoisotopic (exact) mass is 835 g/mol. The molecule has 0 aromatic rings. The summed E-state index contributed by atoms with van der Waals surface area (Å²) in [7, 11) is 1.54. The third kappa shape index (κ3) is 29.3. The van der Waals surface area contributed by atoms with Gasteiger partial charge < -0.3 is 94.0 Å². The second kappa shape index (κ2) is 37.7. The van der Waals surface area contributed by atoms with E-state index >= 15 is 0 Å². The van der Waals surface area contributed by atoms with Gasteiger partial charge >= 0.3 is 12.2 Å². The lowest BCUT2D eigenvalue weighted by Gasteiger charge is -2.32. The highest BCUT2D eigenvalue weighted by atomic mass is 16.6. The van der Waals surface area contributed by atoms with Crippen LogP contribution in [0.4, 0.5) is 9.59 Å².